The highest BCUT2D eigenvalue weighted by Crippen LogP contribution is 2.36. The van der Waals surface area contributed by atoms with Crippen molar-refractivity contribution < 1.29 is 9.90 Å². The van der Waals surface area contributed by atoms with E-state index in [2.05, 4.69) is 15.5 Å². The molecular formula is C15H12Cl3N3O2. The molecule has 0 unspecified atom stereocenters. The van der Waals surface area contributed by atoms with Gasteiger partial charge in [-0.2, -0.15) is 5.10 Å². The normalized spacial score (nSPS) is 11.4. The van der Waals surface area contributed by atoms with Gasteiger partial charge >= 0.3 is 5.97 Å². The Balaban J connectivity index is 2.38. The van der Waals surface area contributed by atoms with E-state index >= 15 is 0 Å². The average Bonchev–Trinajstić information content (AvgIpc) is 2.51. The first-order valence-electron chi connectivity index (χ1n) is 6.46. The van der Waals surface area contributed by atoms with Crippen LogP contribution in [0.3, 0.4) is 0 Å². The van der Waals surface area contributed by atoms with Crippen LogP contribution in [0.5, 0.6) is 0 Å². The first kappa shape index (κ1) is 17.5. The summed E-state index contributed by atoms with van der Waals surface area (Å²) in [4.78, 5) is 14.8. The molecule has 0 amide bonds. The van der Waals surface area contributed by atoms with Crippen LogP contribution in [-0.4, -0.2) is 21.8 Å². The lowest BCUT2D eigenvalue weighted by Crippen LogP contribution is -2.06. The summed E-state index contributed by atoms with van der Waals surface area (Å²) in [5.41, 5.74) is 5.06. The monoisotopic (exact) mass is 371 g/mol. The SMILES string of the molecule is C/C(=N\Nc1c(Cl)c(Cl)nc(C(=O)O)c1Cl)c1ccc(C)cc1. The second kappa shape index (κ2) is 7.17. The molecule has 0 bridgehead atoms. The van der Waals surface area contributed by atoms with Gasteiger partial charge in [0.2, 0.25) is 0 Å². The molecule has 0 saturated carbocycles. The number of hydrogen-bond acceptors (Lipinski definition) is 4. The van der Waals surface area contributed by atoms with E-state index in [1.807, 2.05) is 31.2 Å². The highest BCUT2D eigenvalue weighted by molar-refractivity contribution is 6.46. The van der Waals surface area contributed by atoms with Gasteiger partial charge in [-0.3, -0.25) is 5.43 Å². The average molecular weight is 373 g/mol. The number of rotatable bonds is 4. The van der Waals surface area contributed by atoms with Crippen molar-refractivity contribution in [3.8, 4) is 0 Å². The number of aromatic nitrogens is 1. The van der Waals surface area contributed by atoms with Crippen LogP contribution in [0.1, 0.15) is 28.5 Å². The number of carboxylic acids is 1. The molecule has 0 fully saturated rings. The molecule has 1 heterocycles. The second-order valence-corrected chi connectivity index (χ2v) is 5.85. The van der Waals surface area contributed by atoms with Gasteiger partial charge in [-0.25, -0.2) is 9.78 Å². The summed E-state index contributed by atoms with van der Waals surface area (Å²) in [5.74, 6) is -1.31. The third-order valence-electron chi connectivity index (χ3n) is 3.05. The van der Waals surface area contributed by atoms with Gasteiger partial charge in [-0.15, -0.1) is 0 Å². The standard InChI is InChI=1S/C15H12Cl3N3O2/c1-7-3-5-9(6-4-7)8(2)20-21-12-10(16)13(15(22)23)19-14(18)11(12)17/h3-6H,1-2H3,(H,19,21)(H,22,23)/b20-8+. The van der Waals surface area contributed by atoms with Crippen molar-refractivity contribution in [1.82, 2.24) is 4.98 Å². The molecule has 120 valence electrons. The van der Waals surface area contributed by atoms with Crippen molar-refractivity contribution in [2.45, 2.75) is 13.8 Å². The number of halogens is 3. The van der Waals surface area contributed by atoms with Gasteiger partial charge < -0.3 is 5.11 Å². The fourth-order valence-electron chi connectivity index (χ4n) is 1.75. The van der Waals surface area contributed by atoms with Crippen molar-refractivity contribution in [3.63, 3.8) is 0 Å². The fraction of sp³-hybridized carbons (Fsp3) is 0.133. The zero-order chi connectivity index (χ0) is 17.1. The number of nitrogens with one attached hydrogen (secondary N) is 1. The number of nitrogens with zero attached hydrogens (tertiary/aromatic N) is 2. The summed E-state index contributed by atoms with van der Waals surface area (Å²) in [6.07, 6.45) is 0. The maximum Gasteiger partial charge on any atom is 0.356 e. The van der Waals surface area contributed by atoms with Crippen molar-refractivity contribution >= 4 is 52.2 Å². The molecule has 1 aromatic heterocycles. The molecule has 2 N–H and O–H groups in total. The van der Waals surface area contributed by atoms with Crippen LogP contribution in [-0.2, 0) is 0 Å². The van der Waals surface area contributed by atoms with E-state index in [4.69, 9.17) is 39.9 Å². The number of carboxylic acid groups (broad SMARTS) is 1. The Labute approximate surface area is 147 Å². The van der Waals surface area contributed by atoms with Crippen molar-refractivity contribution in [2.75, 3.05) is 5.43 Å². The minimum absolute atomic E-state index is 0.00197. The predicted octanol–water partition coefficient (Wildman–Crippen LogP) is 4.88. The Morgan fingerprint density at radius 1 is 1.17 bits per heavy atom. The first-order valence-corrected chi connectivity index (χ1v) is 7.59. The molecule has 0 radical (unpaired) electrons. The third-order valence-corrected chi connectivity index (χ3v) is 4.15. The Morgan fingerprint density at radius 3 is 2.35 bits per heavy atom. The van der Waals surface area contributed by atoms with Crippen LogP contribution < -0.4 is 5.43 Å². The smallest absolute Gasteiger partial charge is 0.356 e. The number of anilines is 1. The fourth-order valence-corrected chi connectivity index (χ4v) is 2.42. The van der Waals surface area contributed by atoms with Gasteiger partial charge in [-0.05, 0) is 19.4 Å². The van der Waals surface area contributed by atoms with Gasteiger partial charge in [0.05, 0.1) is 11.4 Å². The van der Waals surface area contributed by atoms with Crippen LogP contribution in [0.2, 0.25) is 15.2 Å². The molecule has 23 heavy (non-hydrogen) atoms. The van der Waals surface area contributed by atoms with Crippen molar-refractivity contribution in [1.29, 1.82) is 0 Å². The number of aromatic carboxylic acids is 1. The van der Waals surface area contributed by atoms with Crippen molar-refractivity contribution in [3.05, 3.63) is 56.3 Å². The Hall–Kier alpha value is -1.82. The topological polar surface area (TPSA) is 74.6 Å². The predicted molar refractivity (Wildman–Crippen MR) is 93.2 cm³/mol. The van der Waals surface area contributed by atoms with E-state index < -0.39 is 11.7 Å². The number of pyridine rings is 1. The number of aryl methyl sites for hydroxylation is 1. The highest BCUT2D eigenvalue weighted by atomic mass is 35.5. The molecular weight excluding hydrogens is 361 g/mol. The third kappa shape index (κ3) is 3.93. The molecule has 0 saturated heterocycles. The summed E-state index contributed by atoms with van der Waals surface area (Å²) in [6.45, 7) is 3.78. The van der Waals surface area contributed by atoms with Crippen molar-refractivity contribution in [2.24, 2.45) is 5.10 Å². The molecule has 0 aliphatic heterocycles. The Morgan fingerprint density at radius 2 is 1.78 bits per heavy atom. The van der Waals surface area contributed by atoms with Crippen LogP contribution in [0.15, 0.2) is 29.4 Å². The zero-order valence-electron chi connectivity index (χ0n) is 12.2. The summed E-state index contributed by atoms with van der Waals surface area (Å²) >= 11 is 17.9. The maximum absolute atomic E-state index is 11.1. The van der Waals surface area contributed by atoms with Gasteiger partial charge in [0, 0.05) is 0 Å². The van der Waals surface area contributed by atoms with E-state index in [0.29, 0.717) is 5.71 Å². The van der Waals surface area contributed by atoms with Gasteiger partial charge in [-0.1, -0.05) is 64.6 Å². The summed E-state index contributed by atoms with van der Waals surface area (Å²) in [6, 6.07) is 7.75. The molecule has 2 rings (SSSR count). The van der Waals surface area contributed by atoms with Gasteiger partial charge in [0.15, 0.2) is 10.8 Å². The minimum Gasteiger partial charge on any atom is -0.476 e. The van der Waals surface area contributed by atoms with E-state index in [9.17, 15) is 4.79 Å². The largest absolute Gasteiger partial charge is 0.476 e. The van der Waals surface area contributed by atoms with E-state index in [1.54, 1.807) is 6.92 Å². The van der Waals surface area contributed by atoms with E-state index in [1.165, 1.54) is 0 Å². The summed E-state index contributed by atoms with van der Waals surface area (Å²) in [5, 5.41) is 12.9. The number of hydrazone groups is 1. The molecule has 0 aliphatic carbocycles. The van der Waals surface area contributed by atoms with Crippen LogP contribution in [0, 0.1) is 6.92 Å². The molecule has 5 nitrogen and oxygen atoms in total. The number of benzene rings is 1. The van der Waals surface area contributed by atoms with E-state index in [0.717, 1.165) is 11.1 Å². The quantitative estimate of drug-likeness (QED) is 0.455. The van der Waals surface area contributed by atoms with Crippen LogP contribution in [0.4, 0.5) is 5.69 Å². The first-order chi connectivity index (χ1) is 10.8. The number of hydrogen-bond donors (Lipinski definition) is 2. The molecule has 0 spiro atoms. The molecule has 0 atom stereocenters. The van der Waals surface area contributed by atoms with Crippen LogP contribution in [0.25, 0.3) is 0 Å². The molecule has 1 aromatic carbocycles. The Bertz CT molecular complexity index is 790. The molecule has 8 heteroatoms. The lowest BCUT2D eigenvalue weighted by Gasteiger charge is -2.10. The van der Waals surface area contributed by atoms with Crippen LogP contribution >= 0.6 is 34.8 Å². The lowest BCUT2D eigenvalue weighted by atomic mass is 10.1. The van der Waals surface area contributed by atoms with Gasteiger partial charge in [0.25, 0.3) is 0 Å². The molecule has 2 aromatic rings. The molecule has 0 aliphatic rings. The second-order valence-electron chi connectivity index (χ2n) is 4.73. The summed E-state index contributed by atoms with van der Waals surface area (Å²) in [7, 11) is 0. The number of carbonyl (C=O) groups is 1. The zero-order valence-corrected chi connectivity index (χ0v) is 14.5. The van der Waals surface area contributed by atoms with E-state index in [-0.39, 0.29) is 20.9 Å². The maximum atomic E-state index is 11.1. The van der Waals surface area contributed by atoms with Gasteiger partial charge in [0.1, 0.15) is 10.0 Å². The lowest BCUT2D eigenvalue weighted by molar-refractivity contribution is 0.0691. The highest BCUT2D eigenvalue weighted by Gasteiger charge is 2.20. The Kier molecular flexibility index (Phi) is 5.46. The summed E-state index contributed by atoms with van der Waals surface area (Å²) < 4.78 is 0. The minimum atomic E-state index is -1.31.